The Kier molecular flexibility index (Phi) is 6.50. The van der Waals surface area contributed by atoms with Crippen LogP contribution in [0, 0.1) is 0 Å². The number of rotatable bonds is 7. The fraction of sp³-hybridized carbons (Fsp3) is 0.500. The van der Waals surface area contributed by atoms with Crippen LogP contribution in [0.2, 0.25) is 0 Å². The number of carbonyl (C=O) groups excluding carboxylic acids is 2. The van der Waals surface area contributed by atoms with Gasteiger partial charge in [-0.1, -0.05) is 6.42 Å². The molecule has 2 aromatic heterocycles. The fourth-order valence-corrected chi connectivity index (χ4v) is 5.59. The second kappa shape index (κ2) is 9.87. The van der Waals surface area contributed by atoms with E-state index in [1.54, 1.807) is 23.0 Å². The van der Waals surface area contributed by atoms with Crippen LogP contribution < -0.4 is 10.2 Å². The smallest absolute Gasteiger partial charge is 0.261 e. The first kappa shape index (κ1) is 25.7. The number of alkyl halides is 1. The largest absolute Gasteiger partial charge is 0.387 e. The van der Waals surface area contributed by atoms with Gasteiger partial charge in [0.2, 0.25) is 0 Å². The highest BCUT2D eigenvalue weighted by Gasteiger charge is 2.36. The molecule has 1 saturated carbocycles. The van der Waals surface area contributed by atoms with Gasteiger partial charge in [0.05, 0.1) is 29.7 Å². The molecule has 39 heavy (non-hydrogen) atoms. The zero-order valence-electron chi connectivity index (χ0n) is 22.3. The number of benzene rings is 1. The summed E-state index contributed by atoms with van der Waals surface area (Å²) in [7, 11) is 0. The van der Waals surface area contributed by atoms with E-state index in [1.807, 2.05) is 12.1 Å². The van der Waals surface area contributed by atoms with Crippen molar-refractivity contribution in [1.82, 2.24) is 24.4 Å². The number of aromatic nitrogens is 3. The number of fused-ring (bicyclic) bond motifs is 2. The highest BCUT2D eigenvalue weighted by atomic mass is 19.1. The molecular weight excluding hydrogens is 501 g/mol. The SMILES string of the molecule is CC(C)(O)[C@H](F)CN1Cc2cc(NC(=O)c3cnn4cccnc34)c(N3CCN(C4CCC4)CC3)cc2C1=O. The molecule has 206 valence electrons. The molecule has 2 N–H and O–H groups in total. The van der Waals surface area contributed by atoms with Gasteiger partial charge in [0.25, 0.3) is 11.8 Å². The fourth-order valence-electron chi connectivity index (χ4n) is 5.59. The van der Waals surface area contributed by atoms with Crippen LogP contribution in [0.5, 0.6) is 0 Å². The molecule has 0 bridgehead atoms. The minimum absolute atomic E-state index is 0.206. The topological polar surface area (TPSA) is 106 Å². The minimum Gasteiger partial charge on any atom is -0.387 e. The van der Waals surface area contributed by atoms with Crippen LogP contribution in [-0.2, 0) is 6.54 Å². The monoisotopic (exact) mass is 535 g/mol. The van der Waals surface area contributed by atoms with Crippen molar-refractivity contribution in [3.05, 3.63) is 53.5 Å². The number of aliphatic hydroxyl groups is 1. The highest BCUT2D eigenvalue weighted by molar-refractivity contribution is 6.10. The highest BCUT2D eigenvalue weighted by Crippen LogP contribution is 2.36. The van der Waals surface area contributed by atoms with E-state index >= 15 is 0 Å². The summed E-state index contributed by atoms with van der Waals surface area (Å²) in [5, 5.41) is 17.4. The second-order valence-corrected chi connectivity index (χ2v) is 11.3. The third kappa shape index (κ3) is 4.85. The summed E-state index contributed by atoms with van der Waals surface area (Å²) < 4.78 is 16.2. The van der Waals surface area contributed by atoms with E-state index in [2.05, 4.69) is 25.2 Å². The Balaban J connectivity index is 1.30. The zero-order valence-corrected chi connectivity index (χ0v) is 22.3. The first-order valence-electron chi connectivity index (χ1n) is 13.6. The molecule has 1 atom stereocenters. The molecule has 11 heteroatoms. The Morgan fingerprint density at radius 1 is 1.23 bits per heavy atom. The van der Waals surface area contributed by atoms with E-state index in [9.17, 15) is 19.1 Å². The predicted octanol–water partition coefficient (Wildman–Crippen LogP) is 2.72. The third-order valence-corrected chi connectivity index (χ3v) is 8.27. The summed E-state index contributed by atoms with van der Waals surface area (Å²) in [6.45, 7) is 6.19. The third-order valence-electron chi connectivity index (χ3n) is 8.27. The number of hydrogen-bond donors (Lipinski definition) is 2. The van der Waals surface area contributed by atoms with Crippen LogP contribution in [0.15, 0.2) is 36.8 Å². The Morgan fingerprint density at radius 2 is 2.00 bits per heavy atom. The quantitative estimate of drug-likeness (QED) is 0.479. The van der Waals surface area contributed by atoms with Crippen molar-refractivity contribution in [1.29, 1.82) is 0 Å². The van der Waals surface area contributed by atoms with Gasteiger partial charge in [-0.15, -0.1) is 0 Å². The normalized spacial score (nSPS) is 19.3. The summed E-state index contributed by atoms with van der Waals surface area (Å²) >= 11 is 0. The van der Waals surface area contributed by atoms with Gasteiger partial charge in [0.1, 0.15) is 11.7 Å². The maximum absolute atomic E-state index is 14.7. The molecule has 3 aliphatic rings. The van der Waals surface area contributed by atoms with Gasteiger partial charge < -0.3 is 20.2 Å². The maximum Gasteiger partial charge on any atom is 0.261 e. The van der Waals surface area contributed by atoms with Crippen LogP contribution in [0.1, 0.15) is 59.4 Å². The molecule has 1 aliphatic carbocycles. The molecule has 2 aliphatic heterocycles. The van der Waals surface area contributed by atoms with E-state index in [1.165, 1.54) is 44.2 Å². The van der Waals surface area contributed by atoms with Crippen molar-refractivity contribution in [2.45, 2.75) is 57.5 Å². The number of hydrogen-bond acceptors (Lipinski definition) is 7. The van der Waals surface area contributed by atoms with Crippen molar-refractivity contribution in [3.63, 3.8) is 0 Å². The van der Waals surface area contributed by atoms with Crippen LogP contribution in [-0.4, -0.2) is 91.9 Å². The molecule has 1 aromatic carbocycles. The lowest BCUT2D eigenvalue weighted by Gasteiger charge is -2.44. The minimum atomic E-state index is -1.59. The number of piperazine rings is 1. The van der Waals surface area contributed by atoms with Crippen molar-refractivity contribution in [3.8, 4) is 0 Å². The van der Waals surface area contributed by atoms with Crippen LogP contribution >= 0.6 is 0 Å². The lowest BCUT2D eigenvalue weighted by Crippen LogP contribution is -2.52. The summed E-state index contributed by atoms with van der Waals surface area (Å²) in [6.07, 6.45) is 7.03. The van der Waals surface area contributed by atoms with Gasteiger partial charge in [-0.25, -0.2) is 13.9 Å². The Hall–Kier alpha value is -3.57. The number of nitrogens with one attached hydrogen (secondary N) is 1. The van der Waals surface area contributed by atoms with Crippen molar-refractivity contribution >= 4 is 28.8 Å². The van der Waals surface area contributed by atoms with Crippen molar-refractivity contribution in [2.24, 2.45) is 0 Å². The van der Waals surface area contributed by atoms with Crippen LogP contribution in [0.4, 0.5) is 15.8 Å². The van der Waals surface area contributed by atoms with Crippen molar-refractivity contribution in [2.75, 3.05) is 42.9 Å². The number of carbonyl (C=O) groups is 2. The molecule has 0 radical (unpaired) electrons. The molecule has 0 spiro atoms. The first-order chi connectivity index (χ1) is 18.7. The Bertz CT molecular complexity index is 1410. The van der Waals surface area contributed by atoms with Gasteiger partial charge in [-0.05, 0) is 50.5 Å². The summed E-state index contributed by atoms with van der Waals surface area (Å²) in [5.74, 6) is -0.610. The molecule has 0 unspecified atom stereocenters. The molecule has 6 rings (SSSR count). The van der Waals surface area contributed by atoms with Gasteiger partial charge in [-0.2, -0.15) is 5.10 Å². The molecule has 2 amide bonds. The number of nitrogens with zero attached hydrogens (tertiary/aromatic N) is 6. The average Bonchev–Trinajstić information content (AvgIpc) is 3.43. The van der Waals surface area contributed by atoms with E-state index < -0.39 is 11.8 Å². The molecule has 1 saturated heterocycles. The summed E-state index contributed by atoms with van der Waals surface area (Å²) in [5.41, 5.74) is 1.84. The molecular formula is C28H34FN7O3. The lowest BCUT2D eigenvalue weighted by molar-refractivity contribution is -0.0159. The predicted molar refractivity (Wildman–Crippen MR) is 145 cm³/mol. The summed E-state index contributed by atoms with van der Waals surface area (Å²) in [6, 6.07) is 6.06. The maximum atomic E-state index is 14.7. The van der Waals surface area contributed by atoms with E-state index in [4.69, 9.17) is 0 Å². The first-order valence-corrected chi connectivity index (χ1v) is 13.6. The Morgan fingerprint density at radius 3 is 2.69 bits per heavy atom. The van der Waals surface area contributed by atoms with Gasteiger partial charge in [0.15, 0.2) is 5.65 Å². The van der Waals surface area contributed by atoms with E-state index in [0.29, 0.717) is 34.1 Å². The zero-order chi connectivity index (χ0) is 27.3. The van der Waals surface area contributed by atoms with Gasteiger partial charge in [0, 0.05) is 56.7 Å². The molecule has 10 nitrogen and oxygen atoms in total. The number of halogens is 1. The van der Waals surface area contributed by atoms with E-state index in [0.717, 1.165) is 31.9 Å². The number of anilines is 2. The van der Waals surface area contributed by atoms with E-state index in [-0.39, 0.29) is 24.9 Å². The summed E-state index contributed by atoms with van der Waals surface area (Å²) in [4.78, 5) is 37.2. The molecule has 4 heterocycles. The second-order valence-electron chi connectivity index (χ2n) is 11.3. The van der Waals surface area contributed by atoms with Crippen LogP contribution in [0.25, 0.3) is 5.65 Å². The Labute approximate surface area is 226 Å². The van der Waals surface area contributed by atoms with Gasteiger partial charge >= 0.3 is 0 Å². The molecule has 3 aromatic rings. The molecule has 2 fully saturated rings. The number of amides is 2. The van der Waals surface area contributed by atoms with Crippen molar-refractivity contribution < 1.29 is 19.1 Å². The lowest BCUT2D eigenvalue weighted by atomic mass is 9.91. The van der Waals surface area contributed by atoms with Gasteiger partial charge in [-0.3, -0.25) is 14.5 Å². The standard InChI is InChI=1S/C28H34FN7O3/c1-28(2,39)24(29)17-35-16-18-13-22(32-26(37)21-15-31-36-8-4-7-30-25(21)36)23(14-20(18)27(35)38)34-11-9-33(10-12-34)19-5-3-6-19/h4,7-8,13-15,19,24,39H,3,5-6,9-12,16-17H2,1-2H3,(H,32,37)/t24-/m1/s1. The average molecular weight is 536 g/mol. The van der Waals surface area contributed by atoms with Crippen LogP contribution in [0.3, 0.4) is 0 Å².